The zero-order chi connectivity index (χ0) is 19.1. The van der Waals surface area contributed by atoms with Gasteiger partial charge in [-0.15, -0.1) is 0 Å². The number of para-hydroxylation sites is 3. The van der Waals surface area contributed by atoms with Crippen molar-refractivity contribution < 1.29 is 4.79 Å². The van der Waals surface area contributed by atoms with Gasteiger partial charge < -0.3 is 5.32 Å². The number of carbonyl (C=O) groups excluding carboxylic acids is 1. The molecule has 1 aliphatic rings. The van der Waals surface area contributed by atoms with Gasteiger partial charge in [-0.25, -0.2) is 9.97 Å². The zero-order valence-electron chi connectivity index (χ0n) is 15.8. The van der Waals surface area contributed by atoms with Gasteiger partial charge >= 0.3 is 0 Å². The summed E-state index contributed by atoms with van der Waals surface area (Å²) in [5.41, 5.74) is 3.74. The maximum atomic E-state index is 12.7. The van der Waals surface area contributed by atoms with Crippen molar-refractivity contribution in [3.8, 4) is 0 Å². The van der Waals surface area contributed by atoms with Crippen LogP contribution in [-0.2, 0) is 4.79 Å². The van der Waals surface area contributed by atoms with E-state index in [1.54, 1.807) is 0 Å². The zero-order valence-corrected chi connectivity index (χ0v) is 16.6. The van der Waals surface area contributed by atoms with E-state index < -0.39 is 0 Å². The summed E-state index contributed by atoms with van der Waals surface area (Å²) in [6, 6.07) is 16.4. The van der Waals surface area contributed by atoms with Gasteiger partial charge in [0.25, 0.3) is 0 Å². The number of aromatic nitrogens is 3. The second kappa shape index (κ2) is 7.09. The number of fused-ring (bicyclic) bond motifs is 5. The summed E-state index contributed by atoms with van der Waals surface area (Å²) in [6.45, 7) is 1.96. The Kier molecular flexibility index (Phi) is 4.43. The molecule has 2 heterocycles. The third kappa shape index (κ3) is 3.02. The Bertz CT molecular complexity index is 1180. The highest BCUT2D eigenvalue weighted by atomic mass is 32.2. The van der Waals surface area contributed by atoms with Crippen molar-refractivity contribution in [2.24, 2.45) is 0 Å². The molecular formula is C22H22N4OS. The highest BCUT2D eigenvalue weighted by Gasteiger charge is 2.23. The van der Waals surface area contributed by atoms with Crippen molar-refractivity contribution in [1.29, 1.82) is 0 Å². The van der Waals surface area contributed by atoms with E-state index in [0.29, 0.717) is 6.04 Å². The normalized spacial score (nSPS) is 16.2. The molecule has 0 unspecified atom stereocenters. The molecule has 4 aromatic rings. The van der Waals surface area contributed by atoms with E-state index in [9.17, 15) is 4.79 Å². The van der Waals surface area contributed by atoms with Crippen LogP contribution in [0.3, 0.4) is 0 Å². The number of benzene rings is 2. The van der Waals surface area contributed by atoms with Gasteiger partial charge in [-0.2, -0.15) is 0 Å². The van der Waals surface area contributed by atoms with Crippen LogP contribution in [0, 0.1) is 0 Å². The molecule has 0 saturated heterocycles. The molecule has 0 radical (unpaired) electrons. The third-order valence-electron chi connectivity index (χ3n) is 5.47. The van der Waals surface area contributed by atoms with E-state index in [1.807, 2.05) is 49.4 Å². The van der Waals surface area contributed by atoms with Gasteiger partial charge in [0, 0.05) is 11.4 Å². The Morgan fingerprint density at radius 1 is 1.07 bits per heavy atom. The van der Waals surface area contributed by atoms with Crippen LogP contribution in [0.5, 0.6) is 0 Å². The molecule has 1 N–H and O–H groups in total. The maximum Gasteiger partial charge on any atom is 0.233 e. The van der Waals surface area contributed by atoms with Crippen molar-refractivity contribution in [3.05, 3.63) is 48.5 Å². The molecule has 1 fully saturated rings. The monoisotopic (exact) mass is 390 g/mol. The van der Waals surface area contributed by atoms with Crippen molar-refractivity contribution in [2.75, 3.05) is 0 Å². The topological polar surface area (TPSA) is 59.3 Å². The van der Waals surface area contributed by atoms with E-state index in [0.717, 1.165) is 45.6 Å². The van der Waals surface area contributed by atoms with Crippen molar-refractivity contribution in [1.82, 2.24) is 19.7 Å². The largest absolute Gasteiger partial charge is 0.352 e. The van der Waals surface area contributed by atoms with Crippen molar-refractivity contribution in [3.63, 3.8) is 0 Å². The summed E-state index contributed by atoms with van der Waals surface area (Å²) in [5, 5.41) is 4.80. The highest BCUT2D eigenvalue weighted by molar-refractivity contribution is 8.00. The average molecular weight is 391 g/mol. The molecular weight excluding hydrogens is 368 g/mol. The Balaban J connectivity index is 1.58. The van der Waals surface area contributed by atoms with Crippen LogP contribution < -0.4 is 5.32 Å². The van der Waals surface area contributed by atoms with E-state index in [-0.39, 0.29) is 11.2 Å². The van der Waals surface area contributed by atoms with Crippen LogP contribution in [0.25, 0.3) is 27.6 Å². The van der Waals surface area contributed by atoms with Gasteiger partial charge in [-0.3, -0.25) is 9.20 Å². The number of hydrogen-bond acceptors (Lipinski definition) is 4. The Hall–Kier alpha value is -2.60. The summed E-state index contributed by atoms with van der Waals surface area (Å²) in [4.78, 5) is 22.5. The standard InChI is InChI=1S/C22H22N4OS/c1-14(21(27)23-15-8-2-3-9-15)28-22-25-17-11-5-4-10-16(17)20-24-18-12-6-7-13-19(18)26(20)22/h4-7,10-15H,2-3,8-9H2,1H3,(H,23,27)/t14-/m1/s1. The van der Waals surface area contributed by atoms with Crippen LogP contribution in [0.2, 0.25) is 0 Å². The molecule has 0 bridgehead atoms. The molecule has 0 aliphatic heterocycles. The second-order valence-corrected chi connectivity index (χ2v) is 8.73. The molecule has 1 aliphatic carbocycles. The van der Waals surface area contributed by atoms with E-state index in [4.69, 9.17) is 9.97 Å². The van der Waals surface area contributed by atoms with Crippen molar-refractivity contribution >= 4 is 45.3 Å². The van der Waals surface area contributed by atoms with Crippen LogP contribution in [0.4, 0.5) is 0 Å². The Morgan fingerprint density at radius 3 is 2.61 bits per heavy atom. The lowest BCUT2D eigenvalue weighted by Crippen LogP contribution is -2.37. The first kappa shape index (κ1) is 17.5. The first-order chi connectivity index (χ1) is 13.7. The molecule has 2 aromatic heterocycles. The molecule has 0 spiro atoms. The van der Waals surface area contributed by atoms with Crippen LogP contribution >= 0.6 is 11.8 Å². The molecule has 1 atom stereocenters. The number of thioether (sulfide) groups is 1. The molecule has 6 heteroatoms. The fraction of sp³-hybridized carbons (Fsp3) is 0.318. The summed E-state index contributed by atoms with van der Waals surface area (Å²) < 4.78 is 2.09. The SMILES string of the molecule is C[C@@H](Sc1nc2ccccc2c2nc3ccccc3n12)C(=O)NC1CCCC1. The average Bonchev–Trinajstić information content (AvgIpc) is 3.35. The Morgan fingerprint density at radius 2 is 1.79 bits per heavy atom. The van der Waals surface area contributed by atoms with Gasteiger partial charge in [0.15, 0.2) is 5.16 Å². The second-order valence-electron chi connectivity index (χ2n) is 7.42. The minimum atomic E-state index is -0.223. The lowest BCUT2D eigenvalue weighted by molar-refractivity contribution is -0.120. The quantitative estimate of drug-likeness (QED) is 0.409. The molecule has 5 nitrogen and oxygen atoms in total. The summed E-state index contributed by atoms with van der Waals surface area (Å²) in [7, 11) is 0. The summed E-state index contributed by atoms with van der Waals surface area (Å²) in [5.74, 6) is 0.0874. The first-order valence-corrected chi connectivity index (χ1v) is 10.7. The predicted molar refractivity (Wildman–Crippen MR) is 114 cm³/mol. The van der Waals surface area contributed by atoms with E-state index in [2.05, 4.69) is 15.8 Å². The lowest BCUT2D eigenvalue weighted by Gasteiger charge is -2.17. The van der Waals surface area contributed by atoms with Crippen LogP contribution in [0.15, 0.2) is 53.7 Å². The van der Waals surface area contributed by atoms with E-state index >= 15 is 0 Å². The summed E-state index contributed by atoms with van der Waals surface area (Å²) in [6.07, 6.45) is 4.60. The minimum Gasteiger partial charge on any atom is -0.352 e. The third-order valence-corrected chi connectivity index (χ3v) is 6.52. The maximum absolute atomic E-state index is 12.7. The molecule has 2 aromatic carbocycles. The molecule has 28 heavy (non-hydrogen) atoms. The number of amides is 1. The highest BCUT2D eigenvalue weighted by Crippen LogP contribution is 2.31. The smallest absolute Gasteiger partial charge is 0.233 e. The fourth-order valence-electron chi connectivity index (χ4n) is 3.99. The number of hydrogen-bond donors (Lipinski definition) is 1. The van der Waals surface area contributed by atoms with Gasteiger partial charge in [0.05, 0.1) is 21.8 Å². The van der Waals surface area contributed by atoms with Crippen molar-refractivity contribution in [2.45, 2.75) is 49.1 Å². The molecule has 142 valence electrons. The number of nitrogens with one attached hydrogen (secondary N) is 1. The number of carbonyl (C=O) groups is 1. The van der Waals surface area contributed by atoms with Crippen LogP contribution in [0.1, 0.15) is 32.6 Å². The summed E-state index contributed by atoms with van der Waals surface area (Å²) >= 11 is 1.50. The van der Waals surface area contributed by atoms with E-state index in [1.165, 1.54) is 24.6 Å². The minimum absolute atomic E-state index is 0.0874. The Labute approximate surface area is 167 Å². The fourth-order valence-corrected chi connectivity index (χ4v) is 4.93. The lowest BCUT2D eigenvalue weighted by atomic mass is 10.2. The molecule has 1 saturated carbocycles. The number of nitrogens with zero attached hydrogens (tertiary/aromatic N) is 3. The van der Waals surface area contributed by atoms with Gasteiger partial charge in [-0.1, -0.05) is 48.9 Å². The van der Waals surface area contributed by atoms with Crippen LogP contribution in [-0.4, -0.2) is 31.6 Å². The van der Waals surface area contributed by atoms with Gasteiger partial charge in [-0.05, 0) is 44.0 Å². The molecule has 5 rings (SSSR count). The van der Waals surface area contributed by atoms with Gasteiger partial charge in [0.2, 0.25) is 5.91 Å². The van der Waals surface area contributed by atoms with Gasteiger partial charge in [0.1, 0.15) is 5.65 Å². The first-order valence-electron chi connectivity index (χ1n) is 9.84. The number of imidazole rings is 1. The molecule has 1 amide bonds. The predicted octanol–water partition coefficient (Wildman–Crippen LogP) is 4.58. The number of rotatable bonds is 4.